The maximum atomic E-state index is 10.8. The Morgan fingerprint density at radius 3 is 2.18 bits per heavy atom. The second-order valence-electron chi connectivity index (χ2n) is 4.19. The highest BCUT2D eigenvalue weighted by atomic mass is 16.4. The molecule has 1 aliphatic rings. The Bertz CT molecular complexity index is 172. The van der Waals surface area contributed by atoms with Crippen LogP contribution in [0.1, 0.15) is 33.6 Å². The third-order valence-electron chi connectivity index (χ3n) is 3.35. The monoisotopic (exact) mass is 156 g/mol. The second kappa shape index (κ2) is 2.50. The largest absolute Gasteiger partial charge is 0.481 e. The molecule has 0 radical (unpaired) electrons. The molecule has 0 spiro atoms. The summed E-state index contributed by atoms with van der Waals surface area (Å²) in [5.74, 6) is -0.208. The zero-order chi connectivity index (χ0) is 8.65. The molecule has 0 saturated heterocycles. The van der Waals surface area contributed by atoms with Gasteiger partial charge in [-0.2, -0.15) is 0 Å². The summed E-state index contributed by atoms with van der Waals surface area (Å²) in [6.07, 6.45) is 1.91. The van der Waals surface area contributed by atoms with Crippen molar-refractivity contribution in [1.29, 1.82) is 0 Å². The molecular weight excluding hydrogens is 140 g/mol. The Morgan fingerprint density at radius 2 is 2.00 bits per heavy atom. The fourth-order valence-corrected chi connectivity index (χ4v) is 1.95. The van der Waals surface area contributed by atoms with E-state index in [9.17, 15) is 4.79 Å². The SMILES string of the molecule is CC1CC[C@@H](C(=O)O)C1(C)C. The topological polar surface area (TPSA) is 37.3 Å². The Hall–Kier alpha value is -0.530. The van der Waals surface area contributed by atoms with Gasteiger partial charge in [0.15, 0.2) is 0 Å². The van der Waals surface area contributed by atoms with Crippen LogP contribution in [0.4, 0.5) is 0 Å². The summed E-state index contributed by atoms with van der Waals surface area (Å²) in [6.45, 7) is 6.26. The van der Waals surface area contributed by atoms with Gasteiger partial charge in [0.05, 0.1) is 5.92 Å². The lowest BCUT2D eigenvalue weighted by Crippen LogP contribution is -2.29. The molecule has 0 aliphatic heterocycles. The van der Waals surface area contributed by atoms with Gasteiger partial charge in [0.1, 0.15) is 0 Å². The number of carbonyl (C=O) groups is 1. The minimum atomic E-state index is -0.626. The lowest BCUT2D eigenvalue weighted by atomic mass is 9.76. The maximum Gasteiger partial charge on any atom is 0.307 e. The van der Waals surface area contributed by atoms with Crippen molar-refractivity contribution in [3.05, 3.63) is 0 Å². The predicted molar refractivity (Wildman–Crippen MR) is 43.3 cm³/mol. The highest BCUT2D eigenvalue weighted by molar-refractivity contribution is 5.71. The van der Waals surface area contributed by atoms with Crippen LogP contribution in [-0.4, -0.2) is 11.1 Å². The fourth-order valence-electron chi connectivity index (χ4n) is 1.95. The van der Waals surface area contributed by atoms with E-state index in [1.165, 1.54) is 0 Å². The lowest BCUT2D eigenvalue weighted by Gasteiger charge is -2.28. The van der Waals surface area contributed by atoms with Crippen molar-refractivity contribution in [1.82, 2.24) is 0 Å². The van der Waals surface area contributed by atoms with Crippen LogP contribution in [0.3, 0.4) is 0 Å². The highest BCUT2D eigenvalue weighted by Gasteiger charge is 2.44. The molecule has 11 heavy (non-hydrogen) atoms. The minimum absolute atomic E-state index is 0.00810. The molecule has 64 valence electrons. The van der Waals surface area contributed by atoms with E-state index in [0.717, 1.165) is 12.8 Å². The molecule has 0 bridgehead atoms. The molecule has 2 heteroatoms. The van der Waals surface area contributed by atoms with Crippen LogP contribution >= 0.6 is 0 Å². The summed E-state index contributed by atoms with van der Waals surface area (Å²) >= 11 is 0. The molecule has 2 nitrogen and oxygen atoms in total. The number of aliphatic carboxylic acids is 1. The summed E-state index contributed by atoms with van der Waals surface area (Å²) in [7, 11) is 0. The van der Waals surface area contributed by atoms with Gasteiger partial charge in [-0.3, -0.25) is 4.79 Å². The maximum absolute atomic E-state index is 10.8. The first-order valence-corrected chi connectivity index (χ1v) is 4.19. The van der Waals surface area contributed by atoms with Crippen molar-refractivity contribution >= 4 is 5.97 Å². The highest BCUT2D eigenvalue weighted by Crippen LogP contribution is 2.46. The summed E-state index contributed by atoms with van der Waals surface area (Å²) in [5, 5.41) is 8.87. The van der Waals surface area contributed by atoms with Crippen LogP contribution < -0.4 is 0 Å². The molecular formula is C9H16O2. The van der Waals surface area contributed by atoms with E-state index in [-0.39, 0.29) is 11.3 Å². The van der Waals surface area contributed by atoms with E-state index in [1.807, 2.05) is 0 Å². The van der Waals surface area contributed by atoms with Crippen molar-refractivity contribution in [3.8, 4) is 0 Å². The second-order valence-corrected chi connectivity index (χ2v) is 4.19. The molecule has 0 aromatic rings. The third-order valence-corrected chi connectivity index (χ3v) is 3.35. The van der Waals surface area contributed by atoms with E-state index < -0.39 is 5.97 Å². The predicted octanol–water partition coefficient (Wildman–Crippen LogP) is 2.14. The van der Waals surface area contributed by atoms with E-state index in [2.05, 4.69) is 20.8 Å². The Kier molecular flexibility index (Phi) is 1.95. The van der Waals surface area contributed by atoms with Gasteiger partial charge in [-0.15, -0.1) is 0 Å². The molecule has 0 heterocycles. The zero-order valence-corrected chi connectivity index (χ0v) is 7.42. The van der Waals surface area contributed by atoms with E-state index in [4.69, 9.17) is 5.11 Å². The number of hydrogen-bond donors (Lipinski definition) is 1. The number of rotatable bonds is 1. The molecule has 0 aromatic carbocycles. The third kappa shape index (κ3) is 1.26. The first-order valence-electron chi connectivity index (χ1n) is 4.19. The fraction of sp³-hybridized carbons (Fsp3) is 0.889. The summed E-state index contributed by atoms with van der Waals surface area (Å²) in [6, 6.07) is 0. The van der Waals surface area contributed by atoms with Gasteiger partial charge >= 0.3 is 5.97 Å². The Labute approximate surface area is 67.6 Å². The average molecular weight is 156 g/mol. The van der Waals surface area contributed by atoms with Gasteiger partial charge < -0.3 is 5.11 Å². The molecule has 2 atom stereocenters. The van der Waals surface area contributed by atoms with Crippen molar-refractivity contribution in [2.75, 3.05) is 0 Å². The van der Waals surface area contributed by atoms with Crippen molar-refractivity contribution in [3.63, 3.8) is 0 Å². The summed E-state index contributed by atoms with van der Waals surface area (Å²) < 4.78 is 0. The first-order chi connectivity index (χ1) is 4.96. The zero-order valence-electron chi connectivity index (χ0n) is 7.42. The van der Waals surface area contributed by atoms with Crippen LogP contribution in [0.25, 0.3) is 0 Å². The van der Waals surface area contributed by atoms with E-state index in [0.29, 0.717) is 5.92 Å². The van der Waals surface area contributed by atoms with Gasteiger partial charge in [-0.25, -0.2) is 0 Å². The van der Waals surface area contributed by atoms with Gasteiger partial charge in [0, 0.05) is 0 Å². The molecule has 1 rings (SSSR count). The molecule has 1 N–H and O–H groups in total. The smallest absolute Gasteiger partial charge is 0.307 e. The molecule has 0 aromatic heterocycles. The van der Waals surface area contributed by atoms with Gasteiger partial charge in [-0.05, 0) is 24.2 Å². The Morgan fingerprint density at radius 1 is 1.45 bits per heavy atom. The molecule has 1 saturated carbocycles. The quantitative estimate of drug-likeness (QED) is 0.631. The van der Waals surface area contributed by atoms with Crippen LogP contribution in [-0.2, 0) is 4.79 Å². The van der Waals surface area contributed by atoms with Crippen LogP contribution in [0, 0.1) is 17.3 Å². The normalized spacial score (nSPS) is 35.5. The standard InChI is InChI=1S/C9H16O2/c1-6-4-5-7(8(10)11)9(6,2)3/h6-7H,4-5H2,1-3H3,(H,10,11)/t6?,7-/m0/s1. The van der Waals surface area contributed by atoms with Crippen LogP contribution in [0.2, 0.25) is 0 Å². The molecule has 1 unspecified atom stereocenters. The van der Waals surface area contributed by atoms with Crippen LogP contribution in [0.15, 0.2) is 0 Å². The van der Waals surface area contributed by atoms with Crippen molar-refractivity contribution in [2.45, 2.75) is 33.6 Å². The average Bonchev–Trinajstić information content (AvgIpc) is 2.08. The number of hydrogen-bond acceptors (Lipinski definition) is 1. The van der Waals surface area contributed by atoms with Gasteiger partial charge in [0.25, 0.3) is 0 Å². The molecule has 1 aliphatic carbocycles. The molecule has 1 fully saturated rings. The van der Waals surface area contributed by atoms with E-state index >= 15 is 0 Å². The Balaban J connectivity index is 2.78. The molecule has 0 amide bonds. The van der Waals surface area contributed by atoms with Crippen molar-refractivity contribution in [2.24, 2.45) is 17.3 Å². The van der Waals surface area contributed by atoms with Crippen LogP contribution in [0.5, 0.6) is 0 Å². The number of carboxylic acid groups (broad SMARTS) is 1. The van der Waals surface area contributed by atoms with Gasteiger partial charge in [0.2, 0.25) is 0 Å². The summed E-state index contributed by atoms with van der Waals surface area (Å²) in [5.41, 5.74) is -0.00810. The van der Waals surface area contributed by atoms with E-state index in [1.54, 1.807) is 0 Å². The number of carboxylic acids is 1. The van der Waals surface area contributed by atoms with Crippen molar-refractivity contribution < 1.29 is 9.90 Å². The minimum Gasteiger partial charge on any atom is -0.481 e. The lowest BCUT2D eigenvalue weighted by molar-refractivity contribution is -0.145. The first kappa shape index (κ1) is 8.57. The van der Waals surface area contributed by atoms with Gasteiger partial charge in [-0.1, -0.05) is 20.8 Å². The summed E-state index contributed by atoms with van der Waals surface area (Å²) in [4.78, 5) is 10.8.